The van der Waals surface area contributed by atoms with Crippen molar-refractivity contribution in [3.8, 4) is 0 Å². The number of benzene rings is 1. The summed E-state index contributed by atoms with van der Waals surface area (Å²) in [6, 6.07) is 5.27. The highest BCUT2D eigenvalue weighted by atomic mass is 35.5. The first-order valence-electron chi connectivity index (χ1n) is 5.07. The van der Waals surface area contributed by atoms with Gasteiger partial charge in [0.1, 0.15) is 0 Å². The first kappa shape index (κ1) is 12.1. The van der Waals surface area contributed by atoms with E-state index in [2.05, 4.69) is 0 Å². The minimum absolute atomic E-state index is 0.156. The van der Waals surface area contributed by atoms with Crippen LogP contribution in [0.5, 0.6) is 0 Å². The van der Waals surface area contributed by atoms with Gasteiger partial charge in [-0.25, -0.2) is 0 Å². The highest BCUT2D eigenvalue weighted by Crippen LogP contribution is 2.39. The smallest absolute Gasteiger partial charge is 0.0595 e. The molecule has 3 nitrogen and oxygen atoms in total. The van der Waals surface area contributed by atoms with Gasteiger partial charge in [-0.2, -0.15) is 0 Å². The van der Waals surface area contributed by atoms with Crippen LogP contribution in [0.4, 0.5) is 0 Å². The summed E-state index contributed by atoms with van der Waals surface area (Å²) in [4.78, 5) is 0. The molecule has 0 saturated carbocycles. The van der Waals surface area contributed by atoms with Crippen LogP contribution in [0.1, 0.15) is 11.6 Å². The Hall–Kier alpha value is -0.320. The predicted molar refractivity (Wildman–Crippen MR) is 65.7 cm³/mol. The Labute approximate surface area is 105 Å². The molecule has 1 aliphatic heterocycles. The van der Waals surface area contributed by atoms with Crippen LogP contribution in [0.15, 0.2) is 18.2 Å². The summed E-state index contributed by atoms with van der Waals surface area (Å²) < 4.78 is 5.21. The van der Waals surface area contributed by atoms with Crippen molar-refractivity contribution in [3.63, 3.8) is 0 Å². The molecule has 1 aromatic rings. The molecule has 16 heavy (non-hydrogen) atoms. The quantitative estimate of drug-likeness (QED) is 0.874. The zero-order valence-corrected chi connectivity index (χ0v) is 10.3. The maximum atomic E-state index is 6.20. The van der Waals surface area contributed by atoms with Crippen molar-refractivity contribution in [1.82, 2.24) is 0 Å². The van der Waals surface area contributed by atoms with Gasteiger partial charge in [-0.05, 0) is 17.7 Å². The molecule has 1 fully saturated rings. The van der Waals surface area contributed by atoms with Gasteiger partial charge in [0.05, 0.1) is 23.3 Å². The van der Waals surface area contributed by atoms with Crippen LogP contribution in [-0.4, -0.2) is 19.8 Å². The SMILES string of the molecule is NCC1(C(N)c2ccc(Cl)c(Cl)c2)COC1. The molecule has 1 heterocycles. The van der Waals surface area contributed by atoms with E-state index in [9.17, 15) is 0 Å². The number of hydrogen-bond donors (Lipinski definition) is 2. The zero-order valence-electron chi connectivity index (χ0n) is 8.75. The molecule has 0 aliphatic carbocycles. The number of rotatable bonds is 3. The van der Waals surface area contributed by atoms with E-state index in [4.69, 9.17) is 39.4 Å². The van der Waals surface area contributed by atoms with E-state index < -0.39 is 0 Å². The molecule has 0 bridgehead atoms. The standard InChI is InChI=1S/C11H14Cl2N2O/c12-8-2-1-7(3-9(8)13)10(15)11(4-14)5-16-6-11/h1-3,10H,4-6,14-15H2. The third-order valence-electron chi connectivity index (χ3n) is 3.15. The minimum Gasteiger partial charge on any atom is -0.380 e. The molecule has 1 aromatic carbocycles. The molecule has 0 radical (unpaired) electrons. The van der Waals surface area contributed by atoms with Crippen molar-refractivity contribution in [1.29, 1.82) is 0 Å². The lowest BCUT2D eigenvalue weighted by Gasteiger charge is -2.45. The molecule has 1 atom stereocenters. The van der Waals surface area contributed by atoms with E-state index in [-0.39, 0.29) is 11.5 Å². The lowest BCUT2D eigenvalue weighted by molar-refractivity contribution is -0.121. The Kier molecular flexibility index (Phi) is 3.42. The summed E-state index contributed by atoms with van der Waals surface area (Å²) in [5.41, 5.74) is 12.8. The lowest BCUT2D eigenvalue weighted by Crippen LogP contribution is -2.54. The van der Waals surface area contributed by atoms with Crippen molar-refractivity contribution in [2.45, 2.75) is 6.04 Å². The van der Waals surface area contributed by atoms with Gasteiger partial charge in [-0.3, -0.25) is 0 Å². The topological polar surface area (TPSA) is 61.3 Å². The van der Waals surface area contributed by atoms with E-state index in [1.54, 1.807) is 12.1 Å². The second-order valence-electron chi connectivity index (χ2n) is 4.21. The van der Waals surface area contributed by atoms with Gasteiger partial charge in [-0.1, -0.05) is 29.3 Å². The highest BCUT2D eigenvalue weighted by molar-refractivity contribution is 6.42. The first-order valence-corrected chi connectivity index (χ1v) is 5.83. The summed E-state index contributed by atoms with van der Waals surface area (Å²) in [6.07, 6.45) is 0. The summed E-state index contributed by atoms with van der Waals surface area (Å²) in [5.74, 6) is 0. The Bertz CT molecular complexity index is 388. The third-order valence-corrected chi connectivity index (χ3v) is 3.89. The van der Waals surface area contributed by atoms with Crippen molar-refractivity contribution >= 4 is 23.2 Å². The molecule has 0 aromatic heterocycles. The van der Waals surface area contributed by atoms with Crippen molar-refractivity contribution in [2.24, 2.45) is 16.9 Å². The zero-order chi connectivity index (χ0) is 11.8. The molecule has 1 unspecified atom stereocenters. The highest BCUT2D eigenvalue weighted by Gasteiger charge is 2.43. The van der Waals surface area contributed by atoms with Gasteiger partial charge >= 0.3 is 0 Å². The fourth-order valence-electron chi connectivity index (χ4n) is 1.85. The van der Waals surface area contributed by atoms with Crippen LogP contribution in [-0.2, 0) is 4.74 Å². The maximum Gasteiger partial charge on any atom is 0.0595 e. The van der Waals surface area contributed by atoms with Crippen LogP contribution in [0.3, 0.4) is 0 Å². The lowest BCUT2D eigenvalue weighted by atomic mass is 9.76. The predicted octanol–water partition coefficient (Wildman–Crippen LogP) is 1.97. The second-order valence-corrected chi connectivity index (χ2v) is 5.02. The molecular formula is C11H14Cl2N2O. The number of hydrogen-bond acceptors (Lipinski definition) is 3. The van der Waals surface area contributed by atoms with Gasteiger partial charge in [0.25, 0.3) is 0 Å². The summed E-state index contributed by atoms with van der Waals surface area (Å²) in [6.45, 7) is 1.71. The van der Waals surface area contributed by atoms with Crippen molar-refractivity contribution in [3.05, 3.63) is 33.8 Å². The van der Waals surface area contributed by atoms with Crippen LogP contribution < -0.4 is 11.5 Å². The average Bonchev–Trinajstić information content (AvgIpc) is 2.21. The fraction of sp³-hybridized carbons (Fsp3) is 0.455. The van der Waals surface area contributed by atoms with Gasteiger partial charge in [0.2, 0.25) is 0 Å². The maximum absolute atomic E-state index is 6.20. The summed E-state index contributed by atoms with van der Waals surface area (Å²) >= 11 is 11.8. The molecule has 5 heteroatoms. The minimum atomic E-state index is -0.166. The van der Waals surface area contributed by atoms with Crippen LogP contribution >= 0.6 is 23.2 Å². The Morgan fingerprint density at radius 2 is 2.00 bits per heavy atom. The molecule has 88 valence electrons. The van der Waals surface area contributed by atoms with E-state index in [1.165, 1.54) is 0 Å². The molecule has 0 spiro atoms. The van der Waals surface area contributed by atoms with Gasteiger partial charge in [-0.15, -0.1) is 0 Å². The summed E-state index contributed by atoms with van der Waals surface area (Å²) in [7, 11) is 0. The Balaban J connectivity index is 2.26. The average molecular weight is 261 g/mol. The number of ether oxygens (including phenoxy) is 1. The normalized spacial score (nSPS) is 20.2. The van der Waals surface area contributed by atoms with Gasteiger partial charge < -0.3 is 16.2 Å². The van der Waals surface area contributed by atoms with E-state index in [0.29, 0.717) is 29.8 Å². The van der Waals surface area contributed by atoms with Gasteiger partial charge in [0, 0.05) is 18.0 Å². The Morgan fingerprint density at radius 1 is 1.31 bits per heavy atom. The molecule has 4 N–H and O–H groups in total. The van der Waals surface area contributed by atoms with Crippen LogP contribution in [0, 0.1) is 5.41 Å². The van der Waals surface area contributed by atoms with E-state index in [0.717, 1.165) is 5.56 Å². The Morgan fingerprint density at radius 3 is 2.44 bits per heavy atom. The fourth-order valence-corrected chi connectivity index (χ4v) is 2.15. The van der Waals surface area contributed by atoms with Crippen LogP contribution in [0.25, 0.3) is 0 Å². The monoisotopic (exact) mass is 260 g/mol. The molecule has 0 amide bonds. The first-order chi connectivity index (χ1) is 7.59. The van der Waals surface area contributed by atoms with E-state index in [1.807, 2.05) is 6.07 Å². The second kappa shape index (κ2) is 4.51. The molecular weight excluding hydrogens is 247 g/mol. The summed E-state index contributed by atoms with van der Waals surface area (Å²) in [5, 5.41) is 1.05. The number of nitrogens with two attached hydrogens (primary N) is 2. The van der Waals surface area contributed by atoms with E-state index >= 15 is 0 Å². The molecule has 2 rings (SSSR count). The largest absolute Gasteiger partial charge is 0.380 e. The van der Waals surface area contributed by atoms with Gasteiger partial charge in [0.15, 0.2) is 0 Å². The number of halogens is 2. The van der Waals surface area contributed by atoms with Crippen LogP contribution in [0.2, 0.25) is 10.0 Å². The van der Waals surface area contributed by atoms with Crippen molar-refractivity contribution in [2.75, 3.05) is 19.8 Å². The molecule has 1 aliphatic rings. The third kappa shape index (κ3) is 1.94. The van der Waals surface area contributed by atoms with Crippen molar-refractivity contribution < 1.29 is 4.74 Å². The molecule has 1 saturated heterocycles.